The summed E-state index contributed by atoms with van der Waals surface area (Å²) < 4.78 is 2.86. The fourth-order valence-corrected chi connectivity index (χ4v) is 3.01. The van der Waals surface area contributed by atoms with Gasteiger partial charge in [0.05, 0.1) is 34.4 Å². The number of hydrogen-bond acceptors (Lipinski definition) is 4. The van der Waals surface area contributed by atoms with E-state index in [1.54, 1.807) is 13.1 Å². The number of anilines is 1. The fourth-order valence-electron chi connectivity index (χ4n) is 2.32. The van der Waals surface area contributed by atoms with Gasteiger partial charge < -0.3 is 15.0 Å². The molecule has 0 aliphatic heterocycles. The van der Waals surface area contributed by atoms with Gasteiger partial charge in [-0.15, -0.1) is 0 Å². The summed E-state index contributed by atoms with van der Waals surface area (Å²) in [4.78, 5) is 8.98. The lowest BCUT2D eigenvalue weighted by molar-refractivity contribution is 0.208. The van der Waals surface area contributed by atoms with E-state index >= 15 is 0 Å². The van der Waals surface area contributed by atoms with Gasteiger partial charge in [-0.2, -0.15) is 0 Å². The maximum absolute atomic E-state index is 9.51. The van der Waals surface area contributed by atoms with Crippen LogP contribution in [0.1, 0.15) is 12.6 Å². The molecule has 2 aromatic heterocycles. The molecule has 1 unspecified atom stereocenters. The highest BCUT2D eigenvalue weighted by atomic mass is 79.9. The Kier molecular flexibility index (Phi) is 4.84. The van der Waals surface area contributed by atoms with Gasteiger partial charge in [0.1, 0.15) is 0 Å². The van der Waals surface area contributed by atoms with Crippen LogP contribution < -0.4 is 5.32 Å². The van der Waals surface area contributed by atoms with Crippen molar-refractivity contribution in [3.63, 3.8) is 0 Å². The average Bonchev–Trinajstić information content (AvgIpc) is 2.86. The first-order valence-electron chi connectivity index (χ1n) is 7.21. The molecule has 0 saturated heterocycles. The smallest absolute Gasteiger partial charge is 0.204 e. The molecule has 3 aromatic rings. The zero-order valence-corrected chi connectivity index (χ0v) is 14.8. The maximum atomic E-state index is 9.51. The van der Waals surface area contributed by atoms with E-state index in [0.29, 0.717) is 24.1 Å². The van der Waals surface area contributed by atoms with E-state index in [-0.39, 0.29) is 0 Å². The van der Waals surface area contributed by atoms with E-state index in [1.165, 1.54) is 0 Å². The third-order valence-electron chi connectivity index (χ3n) is 3.40. The third kappa shape index (κ3) is 3.65. The van der Waals surface area contributed by atoms with Crippen molar-refractivity contribution in [2.45, 2.75) is 19.6 Å². The Morgan fingerprint density at radius 2 is 2.17 bits per heavy atom. The van der Waals surface area contributed by atoms with Crippen LogP contribution in [0.2, 0.25) is 5.02 Å². The summed E-state index contributed by atoms with van der Waals surface area (Å²) in [7, 11) is 0. The van der Waals surface area contributed by atoms with Crippen LogP contribution in [0, 0.1) is 0 Å². The Hall–Kier alpha value is -1.63. The summed E-state index contributed by atoms with van der Waals surface area (Å²) in [6.07, 6.45) is 1.26. The Morgan fingerprint density at radius 1 is 1.39 bits per heavy atom. The zero-order valence-electron chi connectivity index (χ0n) is 12.5. The highest BCUT2D eigenvalue weighted by Crippen LogP contribution is 2.24. The number of imidazole rings is 1. The lowest BCUT2D eigenvalue weighted by Crippen LogP contribution is -2.18. The summed E-state index contributed by atoms with van der Waals surface area (Å²) in [5.41, 5.74) is 2.63. The molecule has 2 N–H and O–H groups in total. The van der Waals surface area contributed by atoms with Gasteiger partial charge in [0.25, 0.3) is 0 Å². The van der Waals surface area contributed by atoms with Gasteiger partial charge >= 0.3 is 0 Å². The van der Waals surface area contributed by atoms with Gasteiger partial charge in [-0.3, -0.25) is 4.98 Å². The molecule has 2 heterocycles. The summed E-state index contributed by atoms with van der Waals surface area (Å²) in [6, 6.07) is 9.70. The van der Waals surface area contributed by atoms with Crippen LogP contribution in [0.4, 0.5) is 5.95 Å². The van der Waals surface area contributed by atoms with Crippen molar-refractivity contribution in [2.75, 3.05) is 11.9 Å². The van der Waals surface area contributed by atoms with Gasteiger partial charge in [-0.1, -0.05) is 23.7 Å². The minimum Gasteiger partial charge on any atom is -0.392 e. The second-order valence-electron chi connectivity index (χ2n) is 5.32. The topological polar surface area (TPSA) is 63.0 Å². The number of fused-ring (bicyclic) bond motifs is 1. The Bertz CT molecular complexity index is 834. The highest BCUT2D eigenvalue weighted by molar-refractivity contribution is 9.10. The quantitative estimate of drug-likeness (QED) is 0.691. The van der Waals surface area contributed by atoms with E-state index in [4.69, 9.17) is 11.6 Å². The normalized spacial score (nSPS) is 12.5. The van der Waals surface area contributed by atoms with Crippen molar-refractivity contribution in [3.8, 4) is 0 Å². The van der Waals surface area contributed by atoms with Gasteiger partial charge in [0, 0.05) is 17.2 Å². The van der Waals surface area contributed by atoms with Crippen molar-refractivity contribution in [2.24, 2.45) is 0 Å². The van der Waals surface area contributed by atoms with Crippen molar-refractivity contribution in [1.82, 2.24) is 14.5 Å². The van der Waals surface area contributed by atoms with E-state index in [9.17, 15) is 5.11 Å². The lowest BCUT2D eigenvalue weighted by Gasteiger charge is -2.12. The molecular weight excluding hydrogens is 380 g/mol. The minimum absolute atomic E-state index is 0.421. The highest BCUT2D eigenvalue weighted by Gasteiger charge is 2.13. The predicted octanol–water partition coefficient (Wildman–Crippen LogP) is 3.69. The summed E-state index contributed by atoms with van der Waals surface area (Å²) in [5, 5.41) is 13.3. The summed E-state index contributed by atoms with van der Waals surface area (Å²) in [5.74, 6) is 0.688. The van der Waals surface area contributed by atoms with Gasteiger partial charge in [-0.25, -0.2) is 4.98 Å². The maximum Gasteiger partial charge on any atom is 0.204 e. The first-order chi connectivity index (χ1) is 11.0. The predicted molar refractivity (Wildman–Crippen MR) is 96.0 cm³/mol. The lowest BCUT2D eigenvalue weighted by atomic mass is 10.3. The number of aliphatic hydroxyl groups is 1. The Morgan fingerprint density at radius 3 is 2.91 bits per heavy atom. The van der Waals surface area contributed by atoms with Crippen LogP contribution in [0.3, 0.4) is 0 Å². The number of nitrogens with zero attached hydrogens (tertiary/aromatic N) is 3. The van der Waals surface area contributed by atoms with E-state index in [1.807, 2.05) is 34.9 Å². The average molecular weight is 396 g/mol. The second kappa shape index (κ2) is 6.86. The molecular formula is C16H16BrClN4O. The standard InChI is InChI=1S/C16H16BrClN4O/c1-10(23)7-20-16-21-13-4-2-3-5-15(13)22(16)9-14-12(18)6-11(17)8-19-14/h2-6,8,10,23H,7,9H2,1H3,(H,20,21). The zero-order chi connectivity index (χ0) is 16.4. The van der Waals surface area contributed by atoms with Crippen LogP contribution >= 0.6 is 27.5 Å². The van der Waals surface area contributed by atoms with E-state index in [0.717, 1.165) is 21.2 Å². The number of para-hydroxylation sites is 2. The number of pyridine rings is 1. The molecule has 0 aliphatic rings. The molecule has 1 aromatic carbocycles. The number of aliphatic hydroxyl groups excluding tert-OH is 1. The molecule has 0 aliphatic carbocycles. The van der Waals surface area contributed by atoms with Crippen LogP contribution in [0.5, 0.6) is 0 Å². The number of nitrogens with one attached hydrogen (secondary N) is 1. The van der Waals surface area contributed by atoms with E-state index in [2.05, 4.69) is 31.2 Å². The van der Waals surface area contributed by atoms with E-state index < -0.39 is 6.10 Å². The molecule has 0 amide bonds. The molecule has 0 saturated carbocycles. The van der Waals surface area contributed by atoms with Crippen molar-refractivity contribution in [1.29, 1.82) is 0 Å². The van der Waals surface area contributed by atoms with Gasteiger partial charge in [0.15, 0.2) is 0 Å². The number of hydrogen-bond donors (Lipinski definition) is 2. The SMILES string of the molecule is CC(O)CNc1nc2ccccc2n1Cc1ncc(Br)cc1Cl. The monoisotopic (exact) mass is 394 g/mol. The van der Waals surface area contributed by atoms with Crippen molar-refractivity contribution in [3.05, 3.63) is 51.7 Å². The Balaban J connectivity index is 2.01. The molecule has 120 valence electrons. The van der Waals surface area contributed by atoms with Gasteiger partial charge in [-0.05, 0) is 41.1 Å². The first-order valence-corrected chi connectivity index (χ1v) is 8.39. The number of benzene rings is 1. The minimum atomic E-state index is -0.461. The summed E-state index contributed by atoms with van der Waals surface area (Å²) >= 11 is 9.65. The molecule has 0 bridgehead atoms. The molecule has 5 nitrogen and oxygen atoms in total. The molecule has 3 rings (SSSR count). The molecule has 0 radical (unpaired) electrons. The Labute approximate surface area is 147 Å². The number of rotatable bonds is 5. The molecule has 0 fully saturated rings. The number of aromatic nitrogens is 3. The first kappa shape index (κ1) is 16.2. The van der Waals surface area contributed by atoms with Crippen molar-refractivity contribution < 1.29 is 5.11 Å². The fraction of sp³-hybridized carbons (Fsp3) is 0.250. The van der Waals surface area contributed by atoms with Crippen LogP contribution in [0.15, 0.2) is 41.0 Å². The number of halogens is 2. The third-order valence-corrected chi connectivity index (χ3v) is 4.16. The summed E-state index contributed by atoms with van der Waals surface area (Å²) in [6.45, 7) is 2.65. The molecule has 0 spiro atoms. The van der Waals surface area contributed by atoms with Crippen molar-refractivity contribution >= 4 is 44.5 Å². The molecule has 7 heteroatoms. The van der Waals surface area contributed by atoms with Gasteiger partial charge in [0.2, 0.25) is 5.95 Å². The van der Waals surface area contributed by atoms with Crippen LogP contribution in [-0.2, 0) is 6.54 Å². The largest absolute Gasteiger partial charge is 0.392 e. The van der Waals surface area contributed by atoms with Crippen LogP contribution in [0.25, 0.3) is 11.0 Å². The second-order valence-corrected chi connectivity index (χ2v) is 6.65. The molecule has 1 atom stereocenters. The molecule has 23 heavy (non-hydrogen) atoms. The van der Waals surface area contributed by atoms with Crippen LogP contribution in [-0.4, -0.2) is 32.3 Å².